The Morgan fingerprint density at radius 1 is 0.673 bits per heavy atom. The highest BCUT2D eigenvalue weighted by molar-refractivity contribution is 5.69. The number of hydrogen-bond acceptors (Lipinski definition) is 6. The van der Waals surface area contributed by atoms with Gasteiger partial charge < -0.3 is 14.2 Å². The maximum atomic E-state index is 12.3. The van der Waals surface area contributed by atoms with Gasteiger partial charge in [0.2, 0.25) is 0 Å². The van der Waals surface area contributed by atoms with Crippen molar-refractivity contribution in [2.24, 2.45) is 17.8 Å². The van der Waals surface area contributed by atoms with Crippen LogP contribution in [0.15, 0.2) is 29.8 Å². The molecule has 0 aromatic heterocycles. The molecule has 6 heteroatoms. The summed E-state index contributed by atoms with van der Waals surface area (Å²) in [6, 6.07) is 0. The van der Waals surface area contributed by atoms with Crippen LogP contribution in [0, 0.1) is 17.8 Å². The van der Waals surface area contributed by atoms with Gasteiger partial charge in [0.1, 0.15) is 0 Å². The van der Waals surface area contributed by atoms with Gasteiger partial charge >= 0.3 is 11.9 Å². The highest BCUT2D eigenvalue weighted by Gasteiger charge is 2.14. The zero-order valence-corrected chi connectivity index (χ0v) is 34.3. The first-order valence-corrected chi connectivity index (χ1v) is 22.0. The standard InChI is InChI=1S/C46H81NO5/c1-5-8-17-25-42(4)33-38-51-45(48)31-22-15-11-13-20-28-43(30-24-35-47-36-40-50-41-37-47)29-21-14-12-16-23-32-46(49)52-39-34-44(26-18-9-6-2)27-19-10-7-3/h26,42-44H,2,5,7-8,10-17,19-25,27-41H2,1,3-4H3. The van der Waals surface area contributed by atoms with Gasteiger partial charge in [0, 0.05) is 25.9 Å². The molecule has 0 aliphatic carbocycles. The molecule has 6 nitrogen and oxygen atoms in total. The van der Waals surface area contributed by atoms with E-state index in [1.165, 1.54) is 116 Å². The Morgan fingerprint density at radius 3 is 1.79 bits per heavy atom. The number of ether oxygens (including phenoxy) is 3. The minimum absolute atomic E-state index is 0.0117. The molecule has 0 bridgehead atoms. The zero-order chi connectivity index (χ0) is 37.7. The van der Waals surface area contributed by atoms with E-state index >= 15 is 0 Å². The molecule has 52 heavy (non-hydrogen) atoms. The first-order chi connectivity index (χ1) is 25.5. The number of allylic oxidation sites excluding steroid dienone is 1. The fourth-order valence-corrected chi connectivity index (χ4v) is 7.23. The predicted molar refractivity (Wildman–Crippen MR) is 217 cm³/mol. The molecule has 0 aromatic carbocycles. The van der Waals surface area contributed by atoms with E-state index in [0.29, 0.717) is 37.9 Å². The van der Waals surface area contributed by atoms with Gasteiger partial charge in [0.25, 0.3) is 0 Å². The van der Waals surface area contributed by atoms with Crippen molar-refractivity contribution >= 4 is 11.9 Å². The molecule has 1 rings (SSSR count). The van der Waals surface area contributed by atoms with E-state index < -0.39 is 0 Å². The predicted octanol–water partition coefficient (Wildman–Crippen LogP) is 12.1. The van der Waals surface area contributed by atoms with Gasteiger partial charge in [0.15, 0.2) is 0 Å². The van der Waals surface area contributed by atoms with Crippen molar-refractivity contribution in [1.29, 1.82) is 0 Å². The number of esters is 2. The lowest BCUT2D eigenvalue weighted by molar-refractivity contribution is -0.145. The van der Waals surface area contributed by atoms with E-state index in [0.717, 1.165) is 77.2 Å². The Bertz CT molecular complexity index is 971. The molecule has 3 unspecified atom stereocenters. The van der Waals surface area contributed by atoms with E-state index in [1.54, 1.807) is 0 Å². The molecule has 0 radical (unpaired) electrons. The van der Waals surface area contributed by atoms with Gasteiger partial charge in [-0.05, 0) is 87.6 Å². The summed E-state index contributed by atoms with van der Waals surface area (Å²) >= 11 is 0. The number of hydrogen-bond donors (Lipinski definition) is 0. The topological polar surface area (TPSA) is 65.1 Å². The fourth-order valence-electron chi connectivity index (χ4n) is 7.23. The van der Waals surface area contributed by atoms with Crippen LogP contribution in [-0.4, -0.2) is 62.9 Å². The van der Waals surface area contributed by atoms with Gasteiger partial charge in [-0.15, -0.1) is 0 Å². The molecular formula is C46H81NO5. The summed E-state index contributed by atoms with van der Waals surface area (Å²) in [5, 5.41) is 0. The number of nitrogens with zero attached hydrogens (tertiary/aromatic N) is 1. The monoisotopic (exact) mass is 728 g/mol. The molecule has 0 saturated carbocycles. The summed E-state index contributed by atoms with van der Waals surface area (Å²) in [6.45, 7) is 16.4. The Kier molecular flexibility index (Phi) is 33.2. The molecule has 1 aliphatic rings. The molecule has 1 fully saturated rings. The van der Waals surface area contributed by atoms with E-state index in [-0.39, 0.29) is 11.9 Å². The third-order valence-electron chi connectivity index (χ3n) is 10.8. The lowest BCUT2D eigenvalue weighted by Crippen LogP contribution is -2.36. The minimum Gasteiger partial charge on any atom is -0.466 e. The van der Waals surface area contributed by atoms with Crippen LogP contribution in [0.1, 0.15) is 188 Å². The average Bonchev–Trinajstić information content (AvgIpc) is 3.14. The fraction of sp³-hybridized carbons (Fsp3) is 0.848. The second kappa shape index (κ2) is 35.9. The molecule has 0 aromatic rings. The number of carbonyl (C=O) groups is 2. The van der Waals surface area contributed by atoms with Crippen LogP contribution in [0.4, 0.5) is 0 Å². The van der Waals surface area contributed by atoms with Gasteiger partial charge in [-0.2, -0.15) is 0 Å². The van der Waals surface area contributed by atoms with Gasteiger partial charge in [-0.1, -0.05) is 141 Å². The van der Waals surface area contributed by atoms with Crippen LogP contribution in [-0.2, 0) is 23.8 Å². The molecule has 1 heterocycles. The third kappa shape index (κ3) is 30.4. The zero-order valence-electron chi connectivity index (χ0n) is 34.3. The SMILES string of the molecule is C=C=C=C=CC(CCCCC)CCOC(=O)CCCCCCCC(CCCCCCCC(=O)OCCC(C)CCCCC)CCCN1CCOCC1. The molecule has 0 N–H and O–H groups in total. The van der Waals surface area contributed by atoms with Crippen LogP contribution in [0.25, 0.3) is 0 Å². The lowest BCUT2D eigenvalue weighted by atomic mass is 9.90. The van der Waals surface area contributed by atoms with Crippen molar-refractivity contribution in [3.63, 3.8) is 0 Å². The van der Waals surface area contributed by atoms with E-state index in [2.05, 4.69) is 49.4 Å². The first kappa shape index (κ1) is 48.0. The molecule has 0 spiro atoms. The molecule has 300 valence electrons. The van der Waals surface area contributed by atoms with Crippen molar-refractivity contribution in [3.05, 3.63) is 29.8 Å². The Balaban J connectivity index is 2.22. The summed E-state index contributed by atoms with van der Waals surface area (Å²) in [7, 11) is 0. The smallest absolute Gasteiger partial charge is 0.305 e. The summed E-state index contributed by atoms with van der Waals surface area (Å²) < 4.78 is 16.6. The molecule has 0 amide bonds. The highest BCUT2D eigenvalue weighted by atomic mass is 16.5. The number of morpholine rings is 1. The van der Waals surface area contributed by atoms with Crippen molar-refractivity contribution in [3.8, 4) is 0 Å². The van der Waals surface area contributed by atoms with E-state index in [1.807, 2.05) is 6.08 Å². The summed E-state index contributed by atoms with van der Waals surface area (Å²) in [4.78, 5) is 27.1. The lowest BCUT2D eigenvalue weighted by Gasteiger charge is -2.27. The maximum Gasteiger partial charge on any atom is 0.305 e. The normalized spacial score (nSPS) is 14.8. The first-order valence-electron chi connectivity index (χ1n) is 22.0. The van der Waals surface area contributed by atoms with Crippen LogP contribution in [0.5, 0.6) is 0 Å². The highest BCUT2D eigenvalue weighted by Crippen LogP contribution is 2.24. The van der Waals surface area contributed by atoms with E-state index in [4.69, 9.17) is 14.2 Å². The van der Waals surface area contributed by atoms with Crippen molar-refractivity contribution in [2.75, 3.05) is 46.1 Å². The van der Waals surface area contributed by atoms with E-state index in [9.17, 15) is 9.59 Å². The molecule has 1 saturated heterocycles. The van der Waals surface area contributed by atoms with Crippen molar-refractivity contribution in [2.45, 2.75) is 188 Å². The average molecular weight is 728 g/mol. The number of rotatable bonds is 35. The molecule has 1 aliphatic heterocycles. The maximum absolute atomic E-state index is 12.3. The van der Waals surface area contributed by atoms with Crippen LogP contribution >= 0.6 is 0 Å². The van der Waals surface area contributed by atoms with Crippen LogP contribution < -0.4 is 0 Å². The van der Waals surface area contributed by atoms with Crippen LogP contribution in [0.2, 0.25) is 0 Å². The number of carbonyl (C=O) groups excluding carboxylic acids is 2. The Labute approximate surface area is 321 Å². The van der Waals surface area contributed by atoms with Gasteiger partial charge in [-0.25, -0.2) is 0 Å². The van der Waals surface area contributed by atoms with Crippen molar-refractivity contribution in [1.82, 2.24) is 4.90 Å². The third-order valence-corrected chi connectivity index (χ3v) is 10.8. The van der Waals surface area contributed by atoms with Gasteiger partial charge in [0.05, 0.1) is 26.4 Å². The number of unbranched alkanes of at least 4 members (excludes halogenated alkanes) is 12. The molecular weight excluding hydrogens is 647 g/mol. The van der Waals surface area contributed by atoms with Gasteiger partial charge in [-0.3, -0.25) is 14.5 Å². The van der Waals surface area contributed by atoms with Crippen molar-refractivity contribution < 1.29 is 23.8 Å². The summed E-state index contributed by atoms with van der Waals surface area (Å²) in [5.74, 6) is 1.74. The summed E-state index contributed by atoms with van der Waals surface area (Å²) in [6.07, 6.45) is 31.6. The molecule has 3 atom stereocenters. The second-order valence-corrected chi connectivity index (χ2v) is 15.6. The largest absolute Gasteiger partial charge is 0.466 e. The summed E-state index contributed by atoms with van der Waals surface area (Å²) in [5.41, 5.74) is 8.41. The Hall–Kier alpha value is -2.06. The van der Waals surface area contributed by atoms with Crippen LogP contribution in [0.3, 0.4) is 0 Å². The minimum atomic E-state index is -0.0590. The second-order valence-electron chi connectivity index (χ2n) is 15.6. The quantitative estimate of drug-likeness (QED) is 0.0368. The Morgan fingerprint density at radius 2 is 1.19 bits per heavy atom.